The largest absolute Gasteiger partial charge is 0.354 e. The Bertz CT molecular complexity index is 870. The molecule has 1 aromatic heterocycles. The van der Waals surface area contributed by atoms with Gasteiger partial charge in [-0.2, -0.15) is 9.57 Å². The monoisotopic (exact) mass is 406 g/mol. The molecule has 1 aromatic carbocycles. The van der Waals surface area contributed by atoms with E-state index in [2.05, 4.69) is 20.9 Å². The van der Waals surface area contributed by atoms with Crippen molar-refractivity contribution in [3.05, 3.63) is 52.6 Å². The number of sulfonamides is 1. The highest BCUT2D eigenvalue weighted by molar-refractivity contribution is 9.10. The van der Waals surface area contributed by atoms with E-state index in [1.54, 1.807) is 36.4 Å². The first kappa shape index (κ1) is 16.9. The number of piperazine rings is 1. The van der Waals surface area contributed by atoms with Crippen LogP contribution in [0.5, 0.6) is 0 Å². The first-order valence-corrected chi connectivity index (χ1v) is 9.61. The Morgan fingerprint density at radius 2 is 1.79 bits per heavy atom. The molecule has 0 atom stereocenters. The molecule has 0 saturated carbocycles. The highest BCUT2D eigenvalue weighted by Gasteiger charge is 2.30. The van der Waals surface area contributed by atoms with Crippen LogP contribution in [0.15, 0.2) is 52.0 Å². The van der Waals surface area contributed by atoms with Gasteiger partial charge in [-0.15, -0.1) is 0 Å². The van der Waals surface area contributed by atoms with Crippen LogP contribution >= 0.6 is 15.9 Å². The van der Waals surface area contributed by atoms with Crippen LogP contribution in [-0.2, 0) is 10.0 Å². The van der Waals surface area contributed by atoms with E-state index >= 15 is 0 Å². The van der Waals surface area contributed by atoms with Crippen LogP contribution < -0.4 is 4.90 Å². The van der Waals surface area contributed by atoms with Gasteiger partial charge in [0.05, 0.1) is 10.5 Å². The van der Waals surface area contributed by atoms with Crippen molar-refractivity contribution >= 4 is 31.8 Å². The average Bonchev–Trinajstić information content (AvgIpc) is 2.62. The number of nitriles is 1. The maximum absolute atomic E-state index is 12.8. The Balaban J connectivity index is 1.73. The van der Waals surface area contributed by atoms with Crippen molar-refractivity contribution in [2.45, 2.75) is 4.90 Å². The van der Waals surface area contributed by atoms with Crippen LogP contribution in [0.2, 0.25) is 0 Å². The molecule has 6 nitrogen and oxygen atoms in total. The molecule has 0 spiro atoms. The predicted octanol–water partition coefficient (Wildman–Crippen LogP) is 2.23. The van der Waals surface area contributed by atoms with Gasteiger partial charge in [0.2, 0.25) is 10.0 Å². The maximum atomic E-state index is 12.8. The minimum atomic E-state index is -3.51. The van der Waals surface area contributed by atoms with Crippen molar-refractivity contribution in [2.75, 3.05) is 31.1 Å². The summed E-state index contributed by atoms with van der Waals surface area (Å²) in [7, 11) is -3.51. The number of rotatable bonds is 3. The van der Waals surface area contributed by atoms with Crippen LogP contribution in [0.25, 0.3) is 0 Å². The molecule has 0 aliphatic carbocycles. The Labute approximate surface area is 149 Å². The van der Waals surface area contributed by atoms with Crippen molar-refractivity contribution in [3.8, 4) is 6.07 Å². The number of nitrogens with zero attached hydrogens (tertiary/aromatic N) is 4. The van der Waals surface area contributed by atoms with Gasteiger partial charge in [0, 0.05) is 36.8 Å². The minimum absolute atomic E-state index is 0.287. The summed E-state index contributed by atoms with van der Waals surface area (Å²) in [6, 6.07) is 12.4. The van der Waals surface area contributed by atoms with Gasteiger partial charge < -0.3 is 4.90 Å². The predicted molar refractivity (Wildman–Crippen MR) is 94.1 cm³/mol. The fourth-order valence-corrected chi connectivity index (χ4v) is 4.98. The molecule has 24 heavy (non-hydrogen) atoms. The summed E-state index contributed by atoms with van der Waals surface area (Å²) in [6.45, 7) is 1.90. The lowest BCUT2D eigenvalue weighted by Crippen LogP contribution is -2.49. The third-order valence-corrected chi connectivity index (χ3v) is 6.80. The zero-order chi connectivity index (χ0) is 17.2. The molecule has 1 aliphatic rings. The second kappa shape index (κ2) is 6.89. The smallest absolute Gasteiger partial charge is 0.244 e. The van der Waals surface area contributed by atoms with Crippen LogP contribution in [-0.4, -0.2) is 43.9 Å². The highest BCUT2D eigenvalue weighted by Crippen LogP contribution is 2.26. The molecular weight excluding hydrogens is 392 g/mol. The molecule has 2 aromatic rings. The molecule has 3 rings (SSSR count). The molecule has 0 amide bonds. The molecule has 2 heterocycles. The van der Waals surface area contributed by atoms with Gasteiger partial charge in [-0.05, 0) is 40.2 Å². The molecule has 8 heteroatoms. The number of halogens is 1. The molecule has 0 bridgehead atoms. The van der Waals surface area contributed by atoms with E-state index in [0.717, 1.165) is 5.82 Å². The van der Waals surface area contributed by atoms with Crippen LogP contribution in [0, 0.1) is 11.3 Å². The summed E-state index contributed by atoms with van der Waals surface area (Å²) in [4.78, 5) is 6.57. The Morgan fingerprint density at radius 1 is 1.08 bits per heavy atom. The fourth-order valence-electron chi connectivity index (χ4n) is 2.59. The van der Waals surface area contributed by atoms with Gasteiger partial charge in [0.25, 0.3) is 0 Å². The van der Waals surface area contributed by atoms with Crippen LogP contribution in [0.4, 0.5) is 5.82 Å². The number of hydrogen-bond acceptors (Lipinski definition) is 5. The summed E-state index contributed by atoms with van der Waals surface area (Å²) in [6.07, 6.45) is 1.53. The molecule has 1 aliphatic heterocycles. The lowest BCUT2D eigenvalue weighted by atomic mass is 10.3. The Kier molecular flexibility index (Phi) is 4.85. The number of hydrogen-bond donors (Lipinski definition) is 0. The fraction of sp³-hybridized carbons (Fsp3) is 0.250. The maximum Gasteiger partial charge on any atom is 0.244 e. The van der Waals surface area contributed by atoms with Crippen molar-refractivity contribution in [1.82, 2.24) is 9.29 Å². The van der Waals surface area contributed by atoms with E-state index in [-0.39, 0.29) is 4.90 Å². The standard InChI is InChI=1S/C16H15BrN4O2S/c17-14-3-1-2-4-15(14)24(22,23)21-9-7-20(8-10-21)16-6-5-13(11-18)12-19-16/h1-6,12H,7-10H2. The lowest BCUT2D eigenvalue weighted by molar-refractivity contribution is 0.383. The van der Waals surface area contributed by atoms with Crippen molar-refractivity contribution in [2.24, 2.45) is 0 Å². The van der Waals surface area contributed by atoms with E-state index in [0.29, 0.717) is 36.2 Å². The summed E-state index contributed by atoms with van der Waals surface area (Å²) in [5.74, 6) is 0.756. The molecule has 1 fully saturated rings. The number of aromatic nitrogens is 1. The topological polar surface area (TPSA) is 77.3 Å². The molecular formula is C16H15BrN4O2S. The summed E-state index contributed by atoms with van der Waals surface area (Å²) in [5.41, 5.74) is 0.508. The SMILES string of the molecule is N#Cc1ccc(N2CCN(S(=O)(=O)c3ccccc3Br)CC2)nc1. The van der Waals surface area contributed by atoms with Crippen molar-refractivity contribution < 1.29 is 8.42 Å². The third-order valence-electron chi connectivity index (χ3n) is 3.89. The van der Waals surface area contributed by atoms with Gasteiger partial charge >= 0.3 is 0 Å². The summed E-state index contributed by atoms with van der Waals surface area (Å²) in [5, 5.41) is 8.81. The van der Waals surface area contributed by atoms with E-state index in [1.165, 1.54) is 10.5 Å². The van der Waals surface area contributed by atoms with E-state index in [9.17, 15) is 8.42 Å². The molecule has 0 unspecified atom stereocenters. The van der Waals surface area contributed by atoms with Gasteiger partial charge in [0.1, 0.15) is 11.9 Å². The number of benzene rings is 1. The van der Waals surface area contributed by atoms with Crippen LogP contribution in [0.3, 0.4) is 0 Å². The quantitative estimate of drug-likeness (QED) is 0.780. The van der Waals surface area contributed by atoms with E-state index < -0.39 is 10.0 Å². The lowest BCUT2D eigenvalue weighted by Gasteiger charge is -2.34. The number of anilines is 1. The average molecular weight is 407 g/mol. The molecule has 0 N–H and O–H groups in total. The zero-order valence-corrected chi connectivity index (χ0v) is 15.2. The van der Waals surface area contributed by atoms with Crippen molar-refractivity contribution in [1.29, 1.82) is 5.26 Å². The van der Waals surface area contributed by atoms with Crippen LogP contribution in [0.1, 0.15) is 5.56 Å². The van der Waals surface area contributed by atoms with E-state index in [1.807, 2.05) is 11.0 Å². The van der Waals surface area contributed by atoms with Gasteiger partial charge in [0.15, 0.2) is 0 Å². The van der Waals surface area contributed by atoms with Crippen molar-refractivity contribution in [3.63, 3.8) is 0 Å². The zero-order valence-electron chi connectivity index (χ0n) is 12.8. The van der Waals surface area contributed by atoms with Gasteiger partial charge in [-0.25, -0.2) is 13.4 Å². The first-order chi connectivity index (χ1) is 11.5. The molecule has 1 saturated heterocycles. The second-order valence-electron chi connectivity index (χ2n) is 5.34. The molecule has 124 valence electrons. The minimum Gasteiger partial charge on any atom is -0.354 e. The summed E-state index contributed by atoms with van der Waals surface area (Å²) >= 11 is 3.31. The first-order valence-electron chi connectivity index (χ1n) is 7.38. The Hall–Kier alpha value is -1.95. The van der Waals surface area contributed by atoms with E-state index in [4.69, 9.17) is 5.26 Å². The highest BCUT2D eigenvalue weighted by atomic mass is 79.9. The third kappa shape index (κ3) is 3.29. The normalized spacial score (nSPS) is 15.9. The Morgan fingerprint density at radius 3 is 2.38 bits per heavy atom. The number of pyridine rings is 1. The second-order valence-corrected chi connectivity index (χ2v) is 8.10. The summed E-state index contributed by atoms with van der Waals surface area (Å²) < 4.78 is 27.6. The molecule has 0 radical (unpaired) electrons. The van der Waals surface area contributed by atoms with Gasteiger partial charge in [-0.3, -0.25) is 0 Å². The van der Waals surface area contributed by atoms with Gasteiger partial charge in [-0.1, -0.05) is 12.1 Å².